The van der Waals surface area contributed by atoms with E-state index >= 15 is 0 Å². The van der Waals surface area contributed by atoms with Crippen LogP contribution in [0, 0.1) is 5.82 Å². The van der Waals surface area contributed by atoms with E-state index in [0.29, 0.717) is 10.9 Å². The Hall–Kier alpha value is -2.66. The summed E-state index contributed by atoms with van der Waals surface area (Å²) in [6.45, 7) is 2.93. The Kier molecular flexibility index (Phi) is 6.27. The first kappa shape index (κ1) is 25.0. The van der Waals surface area contributed by atoms with Gasteiger partial charge in [-0.1, -0.05) is 26.0 Å². The molecule has 0 bridgehead atoms. The van der Waals surface area contributed by atoms with Crippen molar-refractivity contribution in [2.45, 2.75) is 48.9 Å². The zero-order valence-corrected chi connectivity index (χ0v) is 19.2. The molecule has 0 saturated carbocycles. The Bertz CT molecular complexity index is 1290. The fourth-order valence-electron chi connectivity index (χ4n) is 4.02. The Labute approximate surface area is 188 Å². The number of aliphatic hydroxyl groups is 1. The molecule has 1 aromatic carbocycles. The number of H-pyrrole nitrogens is 1. The van der Waals surface area contributed by atoms with Gasteiger partial charge in [0.15, 0.2) is 32.0 Å². The molecule has 0 fully saturated rings. The summed E-state index contributed by atoms with van der Waals surface area (Å²) in [6, 6.07) is 6.56. The van der Waals surface area contributed by atoms with Crippen molar-refractivity contribution in [3.8, 4) is 5.75 Å². The maximum absolute atomic E-state index is 14.2. The summed E-state index contributed by atoms with van der Waals surface area (Å²) < 4.78 is 85.0. The zero-order valence-electron chi connectivity index (χ0n) is 18.4. The monoisotopic (exact) mass is 488 g/mol. The molecule has 0 aliphatic carbocycles. The van der Waals surface area contributed by atoms with Gasteiger partial charge in [-0.3, -0.25) is 0 Å². The number of aromatic amines is 1. The summed E-state index contributed by atoms with van der Waals surface area (Å²) in [5.41, 5.74) is -3.95. The number of benzene rings is 1. The van der Waals surface area contributed by atoms with Gasteiger partial charge in [-0.25, -0.2) is 17.8 Å². The highest BCUT2D eigenvalue weighted by molar-refractivity contribution is 7.90. The van der Waals surface area contributed by atoms with Crippen LogP contribution in [-0.4, -0.2) is 48.6 Å². The van der Waals surface area contributed by atoms with Gasteiger partial charge in [-0.2, -0.15) is 13.2 Å². The lowest BCUT2D eigenvalue weighted by molar-refractivity contribution is -0.266. The summed E-state index contributed by atoms with van der Waals surface area (Å²) in [5, 5.41) is 11.0. The Morgan fingerprint density at radius 2 is 1.85 bits per heavy atom. The van der Waals surface area contributed by atoms with Crippen molar-refractivity contribution in [1.82, 2.24) is 9.97 Å². The highest BCUT2D eigenvalue weighted by atomic mass is 32.2. The number of aromatic nitrogens is 2. The Balaban J connectivity index is 2.01. The minimum absolute atomic E-state index is 0.0410. The van der Waals surface area contributed by atoms with E-state index in [1.807, 2.05) is 0 Å². The van der Waals surface area contributed by atoms with E-state index < -0.39 is 45.7 Å². The second-order valence-electron chi connectivity index (χ2n) is 8.76. The third-order valence-corrected chi connectivity index (χ3v) is 6.54. The molecule has 2 aromatic heterocycles. The third-order valence-electron chi connectivity index (χ3n) is 5.56. The number of alkyl halides is 3. The van der Waals surface area contributed by atoms with Gasteiger partial charge in [0.2, 0.25) is 0 Å². The van der Waals surface area contributed by atoms with Crippen molar-refractivity contribution in [1.29, 1.82) is 0 Å². The number of hydrogen-bond acceptors (Lipinski definition) is 5. The molecule has 0 unspecified atom stereocenters. The quantitative estimate of drug-likeness (QED) is 0.484. The fourth-order valence-corrected chi connectivity index (χ4v) is 4.61. The molecule has 3 rings (SSSR count). The van der Waals surface area contributed by atoms with E-state index in [9.17, 15) is 31.1 Å². The van der Waals surface area contributed by atoms with Crippen LogP contribution >= 0.6 is 0 Å². The van der Waals surface area contributed by atoms with Gasteiger partial charge >= 0.3 is 6.18 Å². The highest BCUT2D eigenvalue weighted by Gasteiger charge is 2.56. The number of fused-ring (bicyclic) bond motifs is 1. The van der Waals surface area contributed by atoms with E-state index in [1.165, 1.54) is 51.4 Å². The van der Waals surface area contributed by atoms with Crippen LogP contribution < -0.4 is 4.74 Å². The van der Waals surface area contributed by atoms with E-state index in [2.05, 4.69) is 9.97 Å². The summed E-state index contributed by atoms with van der Waals surface area (Å²) in [7, 11) is -2.39. The summed E-state index contributed by atoms with van der Waals surface area (Å²) in [5.74, 6) is -0.902. The van der Waals surface area contributed by atoms with E-state index in [4.69, 9.17) is 4.74 Å². The van der Waals surface area contributed by atoms with Crippen LogP contribution in [0.4, 0.5) is 17.6 Å². The number of sulfone groups is 1. The summed E-state index contributed by atoms with van der Waals surface area (Å²) in [6.07, 6.45) is -4.45. The second-order valence-corrected chi connectivity index (χ2v) is 10.7. The molecule has 33 heavy (non-hydrogen) atoms. The number of ether oxygens (including phenoxy) is 1. The average molecular weight is 489 g/mol. The van der Waals surface area contributed by atoms with Crippen LogP contribution in [0.2, 0.25) is 0 Å². The molecule has 3 aromatic rings. The highest BCUT2D eigenvalue weighted by Crippen LogP contribution is 2.45. The number of rotatable bonds is 7. The van der Waals surface area contributed by atoms with Crippen LogP contribution in [0.25, 0.3) is 10.9 Å². The van der Waals surface area contributed by atoms with Gasteiger partial charge in [0, 0.05) is 29.3 Å². The molecular weight excluding hydrogens is 464 g/mol. The number of nitrogens with one attached hydrogen (secondary N) is 1. The number of pyridine rings is 1. The number of methoxy groups -OCH3 is 1. The predicted molar refractivity (Wildman–Crippen MR) is 115 cm³/mol. The standard InChI is InChI=1S/C22H24F4N2O4S/c1-20(2,15-6-5-7-16(23)19(15)32-3)12-21(29,22(24,25)26)10-14-8-13-9-18(33(4,30)31)27-11-17(13)28-14/h5-9,11,28-29H,10,12H2,1-4H3/t21-/m1/s1. The Morgan fingerprint density at radius 3 is 2.42 bits per heavy atom. The van der Waals surface area contributed by atoms with Crippen molar-refractivity contribution in [2.75, 3.05) is 13.4 Å². The third kappa shape index (κ3) is 4.98. The van der Waals surface area contributed by atoms with Crippen LogP contribution in [0.5, 0.6) is 5.75 Å². The normalized spacial score (nSPS) is 14.9. The van der Waals surface area contributed by atoms with Crippen LogP contribution in [0.3, 0.4) is 0 Å². The van der Waals surface area contributed by atoms with E-state index in [1.54, 1.807) is 0 Å². The van der Waals surface area contributed by atoms with E-state index in [-0.39, 0.29) is 22.0 Å². The van der Waals surface area contributed by atoms with Crippen LogP contribution in [0.1, 0.15) is 31.5 Å². The first-order valence-electron chi connectivity index (χ1n) is 9.87. The first-order chi connectivity index (χ1) is 15.1. The van der Waals surface area contributed by atoms with Crippen molar-refractivity contribution in [3.05, 3.63) is 53.6 Å². The summed E-state index contributed by atoms with van der Waals surface area (Å²) >= 11 is 0. The van der Waals surface area contributed by atoms with Crippen molar-refractivity contribution >= 4 is 20.7 Å². The molecule has 2 N–H and O–H groups in total. The second kappa shape index (κ2) is 8.28. The van der Waals surface area contributed by atoms with Gasteiger partial charge in [-0.15, -0.1) is 0 Å². The molecule has 0 radical (unpaired) electrons. The maximum Gasteiger partial charge on any atom is 0.417 e. The number of nitrogens with zero attached hydrogens (tertiary/aromatic N) is 1. The SMILES string of the molecule is COc1c(F)cccc1C(C)(C)C[C@](O)(Cc1cc2cc(S(C)(=O)=O)ncc2[nH]1)C(F)(F)F. The first-order valence-corrected chi connectivity index (χ1v) is 11.8. The lowest BCUT2D eigenvalue weighted by Crippen LogP contribution is -2.51. The van der Waals surface area contributed by atoms with Crippen LogP contribution in [-0.2, 0) is 21.7 Å². The topological polar surface area (TPSA) is 92.3 Å². The van der Waals surface area contributed by atoms with Gasteiger partial charge < -0.3 is 14.8 Å². The zero-order chi connectivity index (χ0) is 24.8. The summed E-state index contributed by atoms with van der Waals surface area (Å²) in [4.78, 5) is 6.57. The fraction of sp³-hybridized carbons (Fsp3) is 0.409. The average Bonchev–Trinajstić information content (AvgIpc) is 3.06. The molecule has 2 heterocycles. The lowest BCUT2D eigenvalue weighted by atomic mass is 9.73. The number of hydrogen-bond donors (Lipinski definition) is 2. The molecule has 180 valence electrons. The van der Waals surface area contributed by atoms with Gasteiger partial charge in [0.1, 0.15) is 0 Å². The minimum Gasteiger partial charge on any atom is -0.493 e. The Morgan fingerprint density at radius 1 is 1.18 bits per heavy atom. The molecule has 0 spiro atoms. The molecular formula is C22H24F4N2O4S. The number of halogens is 4. The van der Waals surface area contributed by atoms with Crippen LogP contribution in [0.15, 0.2) is 41.6 Å². The number of para-hydroxylation sites is 1. The van der Waals surface area contributed by atoms with Gasteiger partial charge in [0.05, 0.1) is 18.8 Å². The molecule has 6 nitrogen and oxygen atoms in total. The molecule has 0 saturated heterocycles. The molecule has 0 aliphatic rings. The minimum atomic E-state index is -5.02. The largest absolute Gasteiger partial charge is 0.493 e. The van der Waals surface area contributed by atoms with Crippen molar-refractivity contribution in [2.24, 2.45) is 0 Å². The van der Waals surface area contributed by atoms with Crippen molar-refractivity contribution < 1.29 is 35.8 Å². The van der Waals surface area contributed by atoms with E-state index in [0.717, 1.165) is 12.3 Å². The molecule has 1 atom stereocenters. The van der Waals surface area contributed by atoms with Gasteiger partial charge in [0.25, 0.3) is 0 Å². The van der Waals surface area contributed by atoms with Gasteiger partial charge in [-0.05, 0) is 30.0 Å². The smallest absolute Gasteiger partial charge is 0.417 e. The molecule has 11 heteroatoms. The molecule has 0 aliphatic heterocycles. The predicted octanol–water partition coefficient (Wildman–Crippen LogP) is 4.32. The molecule has 0 amide bonds. The van der Waals surface area contributed by atoms with Crippen molar-refractivity contribution in [3.63, 3.8) is 0 Å². The maximum atomic E-state index is 14.2. The lowest BCUT2D eigenvalue weighted by Gasteiger charge is -2.38.